The Balaban J connectivity index is 1.59. The van der Waals surface area contributed by atoms with E-state index >= 15 is 0 Å². The minimum absolute atomic E-state index is 0.0612. The Labute approximate surface area is 208 Å². The Bertz CT molecular complexity index is 1110. The van der Waals surface area contributed by atoms with E-state index in [0.29, 0.717) is 17.6 Å². The molecule has 7 heteroatoms. The van der Waals surface area contributed by atoms with Crippen LogP contribution in [0.3, 0.4) is 0 Å². The minimum atomic E-state index is 0.0612. The second-order valence-electron chi connectivity index (χ2n) is 9.22. The first kappa shape index (κ1) is 24.0. The summed E-state index contributed by atoms with van der Waals surface area (Å²) in [5.41, 5.74) is 4.34. The van der Waals surface area contributed by atoms with Crippen molar-refractivity contribution in [1.29, 1.82) is 0 Å². The predicted octanol–water partition coefficient (Wildman–Crippen LogP) is 6.35. The fourth-order valence-electron chi connectivity index (χ4n) is 4.63. The molecule has 3 aromatic rings. The molecular weight excluding hydrogens is 496 g/mol. The summed E-state index contributed by atoms with van der Waals surface area (Å²) < 4.78 is 3.08. The molecule has 1 aliphatic carbocycles. The van der Waals surface area contributed by atoms with Crippen LogP contribution in [0.4, 0.5) is 0 Å². The van der Waals surface area contributed by atoms with Gasteiger partial charge >= 0.3 is 0 Å². The van der Waals surface area contributed by atoms with Crippen molar-refractivity contribution < 1.29 is 4.79 Å². The molecule has 0 spiro atoms. The average Bonchev–Trinajstić information content (AvgIpc) is 3.19. The van der Waals surface area contributed by atoms with Crippen LogP contribution in [0, 0.1) is 25.7 Å². The summed E-state index contributed by atoms with van der Waals surface area (Å²) in [5, 5.41) is 13.0. The molecule has 1 aromatic heterocycles. The Morgan fingerprint density at radius 2 is 1.79 bits per heavy atom. The van der Waals surface area contributed by atoms with Crippen molar-refractivity contribution in [2.24, 2.45) is 11.8 Å². The van der Waals surface area contributed by atoms with Crippen LogP contribution in [0.25, 0.3) is 17.1 Å². The van der Waals surface area contributed by atoms with Crippen LogP contribution in [0.1, 0.15) is 44.2 Å². The van der Waals surface area contributed by atoms with Crippen LogP contribution < -0.4 is 5.32 Å². The van der Waals surface area contributed by atoms with Gasteiger partial charge in [0.05, 0.1) is 11.4 Å². The third-order valence-corrected chi connectivity index (χ3v) is 8.04. The van der Waals surface area contributed by atoms with E-state index < -0.39 is 0 Å². The van der Waals surface area contributed by atoms with Gasteiger partial charge in [0, 0.05) is 16.1 Å². The number of hydrogen-bond donors (Lipinski definition) is 1. The second-order valence-corrected chi connectivity index (χ2v) is 11.1. The van der Waals surface area contributed by atoms with Crippen LogP contribution >= 0.6 is 27.7 Å². The van der Waals surface area contributed by atoms with Gasteiger partial charge in [0.15, 0.2) is 11.0 Å². The molecule has 174 valence electrons. The SMILES string of the molecule is Cc1cc(C)cc(-n2c(SCC(=O)NC3CCCC(C)C3C)nnc2-c2ccc(Br)cc2)c1. The Morgan fingerprint density at radius 1 is 1.09 bits per heavy atom. The van der Waals surface area contributed by atoms with Crippen LogP contribution in [-0.2, 0) is 4.79 Å². The first-order chi connectivity index (χ1) is 15.8. The molecule has 0 aliphatic heterocycles. The molecule has 0 saturated heterocycles. The molecular formula is C26H31BrN4OS. The highest BCUT2D eigenvalue weighted by Gasteiger charge is 2.28. The average molecular weight is 528 g/mol. The maximum atomic E-state index is 12.8. The summed E-state index contributed by atoms with van der Waals surface area (Å²) in [5.74, 6) is 2.31. The van der Waals surface area contributed by atoms with Crippen molar-refractivity contribution in [1.82, 2.24) is 20.1 Å². The highest BCUT2D eigenvalue weighted by atomic mass is 79.9. The lowest BCUT2D eigenvalue weighted by Gasteiger charge is -2.34. The van der Waals surface area contributed by atoms with Gasteiger partial charge in [-0.25, -0.2) is 0 Å². The second kappa shape index (κ2) is 10.4. The fourth-order valence-corrected chi connectivity index (χ4v) is 5.65. The van der Waals surface area contributed by atoms with E-state index in [2.05, 4.69) is 81.9 Å². The van der Waals surface area contributed by atoms with Crippen molar-refractivity contribution in [2.75, 3.05) is 5.75 Å². The monoisotopic (exact) mass is 526 g/mol. The van der Waals surface area contributed by atoms with Crippen LogP contribution in [0.2, 0.25) is 0 Å². The maximum Gasteiger partial charge on any atom is 0.230 e. The Kier molecular flexibility index (Phi) is 7.59. The number of carbonyl (C=O) groups excluding carboxylic acids is 1. The topological polar surface area (TPSA) is 59.8 Å². The molecule has 4 rings (SSSR count). The number of halogens is 1. The Morgan fingerprint density at radius 3 is 2.48 bits per heavy atom. The molecule has 1 N–H and O–H groups in total. The molecule has 1 aliphatic rings. The minimum Gasteiger partial charge on any atom is -0.352 e. The highest BCUT2D eigenvalue weighted by molar-refractivity contribution is 9.10. The number of aromatic nitrogens is 3. The molecule has 3 atom stereocenters. The van der Waals surface area contributed by atoms with Crippen molar-refractivity contribution in [3.63, 3.8) is 0 Å². The zero-order valence-corrected chi connectivity index (χ0v) is 22.0. The summed E-state index contributed by atoms with van der Waals surface area (Å²) >= 11 is 4.94. The number of benzene rings is 2. The lowest BCUT2D eigenvalue weighted by Crippen LogP contribution is -2.44. The van der Waals surface area contributed by atoms with Gasteiger partial charge in [-0.15, -0.1) is 10.2 Å². The summed E-state index contributed by atoms with van der Waals surface area (Å²) in [6.07, 6.45) is 3.50. The van der Waals surface area contributed by atoms with E-state index in [0.717, 1.165) is 33.1 Å². The van der Waals surface area contributed by atoms with Crippen LogP contribution in [0.15, 0.2) is 52.1 Å². The summed E-state index contributed by atoms with van der Waals surface area (Å²) in [6, 6.07) is 14.7. The van der Waals surface area contributed by atoms with E-state index in [1.165, 1.54) is 35.7 Å². The van der Waals surface area contributed by atoms with Gasteiger partial charge in [0.1, 0.15) is 0 Å². The molecule has 2 aromatic carbocycles. The first-order valence-electron chi connectivity index (χ1n) is 11.5. The van der Waals surface area contributed by atoms with Crippen molar-refractivity contribution in [3.05, 3.63) is 58.1 Å². The van der Waals surface area contributed by atoms with E-state index in [1.54, 1.807) is 0 Å². The maximum absolute atomic E-state index is 12.8. The number of carbonyl (C=O) groups is 1. The van der Waals surface area contributed by atoms with Crippen LogP contribution in [-0.4, -0.2) is 32.5 Å². The molecule has 5 nitrogen and oxygen atoms in total. The van der Waals surface area contributed by atoms with Gasteiger partial charge in [-0.3, -0.25) is 9.36 Å². The number of amides is 1. The summed E-state index contributed by atoms with van der Waals surface area (Å²) in [7, 11) is 0. The number of nitrogens with one attached hydrogen (secondary N) is 1. The number of rotatable bonds is 6. The zero-order valence-electron chi connectivity index (χ0n) is 19.6. The van der Waals surface area contributed by atoms with Crippen molar-refractivity contribution >= 4 is 33.6 Å². The van der Waals surface area contributed by atoms with E-state index in [1.807, 2.05) is 24.3 Å². The van der Waals surface area contributed by atoms with Crippen molar-refractivity contribution in [2.45, 2.75) is 58.2 Å². The first-order valence-corrected chi connectivity index (χ1v) is 13.3. The zero-order chi connectivity index (χ0) is 23.5. The molecule has 1 amide bonds. The number of aryl methyl sites for hydroxylation is 2. The van der Waals surface area contributed by atoms with E-state index in [-0.39, 0.29) is 11.9 Å². The van der Waals surface area contributed by atoms with E-state index in [9.17, 15) is 4.79 Å². The molecule has 1 saturated carbocycles. The lowest BCUT2D eigenvalue weighted by molar-refractivity contribution is -0.120. The lowest BCUT2D eigenvalue weighted by atomic mass is 9.78. The summed E-state index contributed by atoms with van der Waals surface area (Å²) in [4.78, 5) is 12.8. The van der Waals surface area contributed by atoms with Gasteiger partial charge in [-0.05, 0) is 67.5 Å². The number of hydrogen-bond acceptors (Lipinski definition) is 4. The van der Waals surface area contributed by atoms with Gasteiger partial charge in [0.2, 0.25) is 5.91 Å². The molecule has 0 bridgehead atoms. The fraction of sp³-hybridized carbons (Fsp3) is 0.423. The highest BCUT2D eigenvalue weighted by Crippen LogP contribution is 2.31. The largest absolute Gasteiger partial charge is 0.352 e. The van der Waals surface area contributed by atoms with Gasteiger partial charge in [0.25, 0.3) is 0 Å². The molecule has 1 fully saturated rings. The van der Waals surface area contributed by atoms with Gasteiger partial charge < -0.3 is 5.32 Å². The molecule has 33 heavy (non-hydrogen) atoms. The van der Waals surface area contributed by atoms with Crippen LogP contribution in [0.5, 0.6) is 0 Å². The Hall–Kier alpha value is -2.12. The predicted molar refractivity (Wildman–Crippen MR) is 139 cm³/mol. The third kappa shape index (κ3) is 5.69. The van der Waals surface area contributed by atoms with Gasteiger partial charge in [-0.1, -0.05) is 72.6 Å². The third-order valence-electron chi connectivity index (χ3n) is 6.59. The van der Waals surface area contributed by atoms with Gasteiger partial charge in [-0.2, -0.15) is 0 Å². The number of nitrogens with zero attached hydrogens (tertiary/aromatic N) is 3. The van der Waals surface area contributed by atoms with E-state index in [4.69, 9.17) is 0 Å². The quantitative estimate of drug-likeness (QED) is 0.380. The number of thioether (sulfide) groups is 1. The normalized spacial score (nSPS) is 20.6. The van der Waals surface area contributed by atoms with Crippen molar-refractivity contribution in [3.8, 4) is 17.1 Å². The molecule has 3 unspecified atom stereocenters. The smallest absolute Gasteiger partial charge is 0.230 e. The summed E-state index contributed by atoms with van der Waals surface area (Å²) in [6.45, 7) is 8.72. The standard InChI is InChI=1S/C26H31BrN4OS/c1-16-12-17(2)14-22(13-16)31-25(20-8-10-21(27)11-9-20)29-30-26(31)33-15-24(32)28-23-7-5-6-18(3)19(23)4/h8-14,18-19,23H,5-7,15H2,1-4H3,(H,28,32). The molecule has 0 radical (unpaired) electrons. The molecule has 1 heterocycles.